The van der Waals surface area contributed by atoms with Crippen LogP contribution in [0.5, 0.6) is 0 Å². The molecule has 1 amide bonds. The molecule has 0 fully saturated rings. The molecular weight excluding hydrogens is 250 g/mol. The predicted molar refractivity (Wildman–Crippen MR) is 68.4 cm³/mol. The highest BCUT2D eigenvalue weighted by Gasteiger charge is 2.26. The van der Waals surface area contributed by atoms with Crippen LogP contribution in [0, 0.1) is 0 Å². The first-order chi connectivity index (χ1) is 8.48. The van der Waals surface area contributed by atoms with Crippen molar-refractivity contribution in [1.82, 2.24) is 24.9 Å². The molecule has 2 heterocycles. The molecule has 7 heteroatoms. The molecule has 0 saturated heterocycles. The third-order valence-corrected chi connectivity index (χ3v) is 3.10. The van der Waals surface area contributed by atoms with E-state index in [9.17, 15) is 4.79 Å². The van der Waals surface area contributed by atoms with Crippen LogP contribution in [0.2, 0.25) is 0 Å². The third kappa shape index (κ3) is 2.73. The summed E-state index contributed by atoms with van der Waals surface area (Å²) in [5.74, 6) is 0.560. The SMILES string of the molecule is CC(C)(C)c1nnsc1C(=O)NCc1ncc[nH]1. The molecule has 0 aliphatic carbocycles. The maximum absolute atomic E-state index is 12.0. The Morgan fingerprint density at radius 2 is 2.28 bits per heavy atom. The smallest absolute Gasteiger partial charge is 0.265 e. The topological polar surface area (TPSA) is 83.6 Å². The quantitative estimate of drug-likeness (QED) is 0.880. The van der Waals surface area contributed by atoms with Gasteiger partial charge in [-0.25, -0.2) is 4.98 Å². The van der Waals surface area contributed by atoms with E-state index in [2.05, 4.69) is 24.9 Å². The van der Waals surface area contributed by atoms with Crippen molar-refractivity contribution in [2.24, 2.45) is 0 Å². The molecular formula is C11H15N5OS. The Balaban J connectivity index is 2.08. The summed E-state index contributed by atoms with van der Waals surface area (Å²) in [5.41, 5.74) is 0.536. The minimum Gasteiger partial charge on any atom is -0.347 e. The Bertz CT molecular complexity index is 526. The van der Waals surface area contributed by atoms with Crippen molar-refractivity contribution in [2.45, 2.75) is 32.7 Å². The van der Waals surface area contributed by atoms with Gasteiger partial charge in [-0.15, -0.1) is 5.10 Å². The highest BCUT2D eigenvalue weighted by atomic mass is 32.1. The summed E-state index contributed by atoms with van der Waals surface area (Å²) < 4.78 is 3.86. The van der Waals surface area contributed by atoms with Crippen LogP contribution in [-0.2, 0) is 12.0 Å². The Kier molecular flexibility index (Phi) is 3.42. The summed E-state index contributed by atoms with van der Waals surface area (Å²) in [6, 6.07) is 0. The van der Waals surface area contributed by atoms with Gasteiger partial charge in [0, 0.05) is 17.8 Å². The van der Waals surface area contributed by atoms with Crippen molar-refractivity contribution in [2.75, 3.05) is 0 Å². The lowest BCUT2D eigenvalue weighted by Gasteiger charge is -2.15. The van der Waals surface area contributed by atoms with Crippen molar-refractivity contribution in [3.63, 3.8) is 0 Å². The van der Waals surface area contributed by atoms with E-state index < -0.39 is 0 Å². The largest absolute Gasteiger partial charge is 0.347 e. The molecule has 0 saturated carbocycles. The minimum absolute atomic E-state index is 0.161. The number of rotatable bonds is 3. The number of amides is 1. The number of carbonyl (C=O) groups is 1. The number of nitrogens with one attached hydrogen (secondary N) is 2. The van der Waals surface area contributed by atoms with Gasteiger partial charge in [0.1, 0.15) is 10.7 Å². The summed E-state index contributed by atoms with van der Waals surface area (Å²) in [6.45, 7) is 6.39. The molecule has 2 rings (SSSR count). The molecule has 0 atom stereocenters. The van der Waals surface area contributed by atoms with E-state index in [0.717, 1.165) is 23.1 Å². The average Bonchev–Trinajstić information content (AvgIpc) is 2.95. The molecule has 0 spiro atoms. The van der Waals surface area contributed by atoms with Gasteiger partial charge in [-0.1, -0.05) is 25.3 Å². The summed E-state index contributed by atoms with van der Waals surface area (Å²) in [5, 5.41) is 6.84. The van der Waals surface area contributed by atoms with E-state index in [-0.39, 0.29) is 11.3 Å². The number of hydrogen-bond donors (Lipinski definition) is 2. The van der Waals surface area contributed by atoms with E-state index in [1.165, 1.54) is 0 Å². The lowest BCUT2D eigenvalue weighted by molar-refractivity contribution is 0.0951. The monoisotopic (exact) mass is 265 g/mol. The lowest BCUT2D eigenvalue weighted by Crippen LogP contribution is -2.26. The fraction of sp³-hybridized carbons (Fsp3) is 0.455. The van der Waals surface area contributed by atoms with Crippen LogP contribution in [0.4, 0.5) is 0 Å². The van der Waals surface area contributed by atoms with Crippen LogP contribution < -0.4 is 5.32 Å². The summed E-state index contributed by atoms with van der Waals surface area (Å²) in [6.07, 6.45) is 3.37. The summed E-state index contributed by atoms with van der Waals surface area (Å²) >= 11 is 1.12. The first-order valence-corrected chi connectivity index (χ1v) is 6.35. The maximum Gasteiger partial charge on any atom is 0.265 e. The normalized spacial score (nSPS) is 11.5. The molecule has 2 N–H and O–H groups in total. The van der Waals surface area contributed by atoms with Gasteiger partial charge >= 0.3 is 0 Å². The van der Waals surface area contributed by atoms with Crippen molar-refractivity contribution in [1.29, 1.82) is 0 Å². The van der Waals surface area contributed by atoms with E-state index in [1.54, 1.807) is 12.4 Å². The lowest BCUT2D eigenvalue weighted by atomic mass is 9.91. The molecule has 2 aromatic rings. The van der Waals surface area contributed by atoms with Gasteiger partial charge in [-0.3, -0.25) is 4.79 Å². The number of H-pyrrole nitrogens is 1. The van der Waals surface area contributed by atoms with Gasteiger partial charge in [-0.05, 0) is 11.5 Å². The molecule has 0 aliphatic heterocycles. The zero-order valence-corrected chi connectivity index (χ0v) is 11.3. The molecule has 18 heavy (non-hydrogen) atoms. The van der Waals surface area contributed by atoms with Crippen LogP contribution in [0.1, 0.15) is 42.0 Å². The highest BCUT2D eigenvalue weighted by molar-refractivity contribution is 7.08. The fourth-order valence-corrected chi connectivity index (χ4v) is 2.26. The zero-order valence-electron chi connectivity index (χ0n) is 10.5. The average molecular weight is 265 g/mol. The summed E-state index contributed by atoms with van der Waals surface area (Å²) in [4.78, 5) is 19.6. The molecule has 0 bridgehead atoms. The van der Waals surface area contributed by atoms with E-state index >= 15 is 0 Å². The number of carbonyl (C=O) groups excluding carboxylic acids is 1. The Hall–Kier alpha value is -1.76. The fourth-order valence-electron chi connectivity index (χ4n) is 1.47. The molecule has 0 unspecified atom stereocenters. The zero-order chi connectivity index (χ0) is 13.2. The minimum atomic E-state index is -0.190. The number of aromatic amines is 1. The van der Waals surface area contributed by atoms with Crippen molar-refractivity contribution in [3.8, 4) is 0 Å². The highest BCUT2D eigenvalue weighted by Crippen LogP contribution is 2.25. The van der Waals surface area contributed by atoms with Crippen LogP contribution >= 0.6 is 11.5 Å². The Morgan fingerprint density at radius 3 is 2.89 bits per heavy atom. The number of aromatic nitrogens is 4. The Morgan fingerprint density at radius 1 is 1.50 bits per heavy atom. The molecule has 0 aromatic carbocycles. The number of hydrogen-bond acceptors (Lipinski definition) is 5. The molecule has 0 aliphatic rings. The number of nitrogens with zero attached hydrogens (tertiary/aromatic N) is 3. The first-order valence-electron chi connectivity index (χ1n) is 5.58. The van der Waals surface area contributed by atoms with Gasteiger partial charge < -0.3 is 10.3 Å². The van der Waals surface area contributed by atoms with Gasteiger partial charge in [0.25, 0.3) is 5.91 Å². The Labute approximate surface area is 109 Å². The van der Waals surface area contributed by atoms with E-state index in [1.807, 2.05) is 20.8 Å². The number of imidazole rings is 1. The third-order valence-electron chi connectivity index (χ3n) is 2.38. The molecule has 96 valence electrons. The predicted octanol–water partition coefficient (Wildman–Crippen LogP) is 1.49. The van der Waals surface area contributed by atoms with Crippen LogP contribution in [0.15, 0.2) is 12.4 Å². The van der Waals surface area contributed by atoms with Crippen molar-refractivity contribution < 1.29 is 4.79 Å². The van der Waals surface area contributed by atoms with Gasteiger partial charge in [-0.2, -0.15) is 0 Å². The first kappa shape index (κ1) is 12.7. The van der Waals surface area contributed by atoms with E-state index in [4.69, 9.17) is 0 Å². The second-order valence-electron chi connectivity index (χ2n) is 4.92. The maximum atomic E-state index is 12.0. The summed E-state index contributed by atoms with van der Waals surface area (Å²) in [7, 11) is 0. The molecule has 6 nitrogen and oxygen atoms in total. The van der Waals surface area contributed by atoms with Crippen molar-refractivity contribution in [3.05, 3.63) is 28.8 Å². The van der Waals surface area contributed by atoms with Crippen molar-refractivity contribution >= 4 is 17.4 Å². The van der Waals surface area contributed by atoms with E-state index in [0.29, 0.717) is 11.4 Å². The van der Waals surface area contributed by atoms with Crippen LogP contribution in [0.25, 0.3) is 0 Å². The molecule has 2 aromatic heterocycles. The van der Waals surface area contributed by atoms with Crippen LogP contribution in [0.3, 0.4) is 0 Å². The standard InChI is InChI=1S/C11H15N5OS/c1-11(2,3)9-8(18-16-15-9)10(17)14-6-7-12-4-5-13-7/h4-5H,6H2,1-3H3,(H,12,13)(H,14,17). The van der Waals surface area contributed by atoms with Gasteiger partial charge in [0.05, 0.1) is 12.2 Å². The van der Waals surface area contributed by atoms with Crippen LogP contribution in [-0.4, -0.2) is 25.5 Å². The molecule has 0 radical (unpaired) electrons. The second kappa shape index (κ2) is 4.85. The second-order valence-corrected chi connectivity index (χ2v) is 5.67. The van der Waals surface area contributed by atoms with Gasteiger partial charge in [0.15, 0.2) is 0 Å². The van der Waals surface area contributed by atoms with Gasteiger partial charge in [0.2, 0.25) is 0 Å².